The minimum Gasteiger partial charge on any atom is -0.496 e. The van der Waals surface area contributed by atoms with E-state index in [2.05, 4.69) is 26.6 Å². The second-order valence-electron chi connectivity index (χ2n) is 7.01. The molecule has 0 saturated carbocycles. The quantitative estimate of drug-likeness (QED) is 0.215. The summed E-state index contributed by atoms with van der Waals surface area (Å²) in [6.07, 6.45) is 1.32. The van der Waals surface area contributed by atoms with Gasteiger partial charge in [-0.2, -0.15) is 0 Å². The topological polar surface area (TPSA) is 120 Å². The highest BCUT2D eigenvalue weighted by Crippen LogP contribution is 2.28. The lowest BCUT2D eigenvalue weighted by atomic mass is 10.1. The average Bonchev–Trinajstić information content (AvgIpc) is 2.83. The smallest absolute Gasteiger partial charge is 0.272 e. The van der Waals surface area contributed by atoms with Crippen LogP contribution in [0.4, 0.5) is 11.4 Å². The van der Waals surface area contributed by atoms with Crippen LogP contribution < -0.4 is 20.1 Å². The third kappa shape index (κ3) is 6.58. The van der Waals surface area contributed by atoms with Crippen LogP contribution in [0.5, 0.6) is 11.5 Å². The summed E-state index contributed by atoms with van der Waals surface area (Å²) in [6, 6.07) is 15.1. The number of methoxy groups -OCH3 is 2. The van der Waals surface area contributed by atoms with Gasteiger partial charge in [0.1, 0.15) is 17.2 Å². The molecule has 9 nitrogen and oxygen atoms in total. The Labute approximate surface area is 214 Å². The van der Waals surface area contributed by atoms with Crippen molar-refractivity contribution in [1.29, 1.82) is 0 Å². The molecule has 0 aliphatic heterocycles. The zero-order valence-corrected chi connectivity index (χ0v) is 20.8. The third-order valence-electron chi connectivity index (χ3n) is 4.70. The van der Waals surface area contributed by atoms with Crippen molar-refractivity contribution < 1.29 is 24.0 Å². The SMILES string of the molecule is COc1ccc(Cl)cc1NC(=O)/C(=C/c1cccc([N+](=O)[O-])c1)NC(=O)c1cc(Br)ccc1OC. The molecule has 2 N–H and O–H groups in total. The Morgan fingerprint density at radius 2 is 1.74 bits per heavy atom. The molecule has 2 amide bonds. The number of carbonyl (C=O) groups is 2. The number of nitrogens with one attached hydrogen (secondary N) is 2. The fraction of sp³-hybridized carbons (Fsp3) is 0.0833. The van der Waals surface area contributed by atoms with Crippen molar-refractivity contribution in [2.24, 2.45) is 0 Å². The van der Waals surface area contributed by atoms with Gasteiger partial charge in [0.25, 0.3) is 17.5 Å². The highest BCUT2D eigenvalue weighted by atomic mass is 79.9. The number of rotatable bonds is 8. The van der Waals surface area contributed by atoms with Crippen LogP contribution in [0, 0.1) is 10.1 Å². The molecule has 180 valence electrons. The standard InChI is InChI=1S/C24H19BrClN3O6/c1-34-21-8-6-15(25)12-18(21)23(30)28-20(11-14-4-3-5-17(10-14)29(32)33)24(31)27-19-13-16(26)7-9-22(19)35-2/h3-13H,1-2H3,(H,27,31)(H,28,30)/b20-11-. The molecule has 0 fully saturated rings. The van der Waals surface area contributed by atoms with Gasteiger partial charge in [0.15, 0.2) is 0 Å². The number of anilines is 1. The molecule has 0 atom stereocenters. The van der Waals surface area contributed by atoms with Crippen molar-refractivity contribution in [1.82, 2.24) is 5.32 Å². The molecule has 0 bridgehead atoms. The lowest BCUT2D eigenvalue weighted by Crippen LogP contribution is -2.31. The lowest BCUT2D eigenvalue weighted by Gasteiger charge is -2.15. The zero-order chi connectivity index (χ0) is 25.5. The fourth-order valence-electron chi connectivity index (χ4n) is 3.07. The molecule has 11 heteroatoms. The summed E-state index contributed by atoms with van der Waals surface area (Å²) in [4.78, 5) is 37.0. The van der Waals surface area contributed by atoms with E-state index in [1.54, 1.807) is 30.3 Å². The Kier molecular flexibility index (Phi) is 8.45. The first-order chi connectivity index (χ1) is 16.7. The summed E-state index contributed by atoms with van der Waals surface area (Å²) in [5, 5.41) is 16.7. The highest BCUT2D eigenvalue weighted by molar-refractivity contribution is 9.10. The molecule has 0 radical (unpaired) electrons. The number of hydrogen-bond acceptors (Lipinski definition) is 6. The predicted molar refractivity (Wildman–Crippen MR) is 136 cm³/mol. The van der Waals surface area contributed by atoms with E-state index < -0.39 is 16.7 Å². The maximum atomic E-state index is 13.2. The maximum Gasteiger partial charge on any atom is 0.272 e. The number of non-ortho nitro benzene ring substituents is 1. The highest BCUT2D eigenvalue weighted by Gasteiger charge is 2.20. The van der Waals surface area contributed by atoms with E-state index in [1.165, 1.54) is 50.6 Å². The van der Waals surface area contributed by atoms with E-state index in [9.17, 15) is 19.7 Å². The van der Waals surface area contributed by atoms with Crippen molar-refractivity contribution in [2.45, 2.75) is 0 Å². The number of nitro groups is 1. The van der Waals surface area contributed by atoms with Gasteiger partial charge in [0, 0.05) is 21.6 Å². The molecule has 35 heavy (non-hydrogen) atoms. The van der Waals surface area contributed by atoms with Gasteiger partial charge in [-0.15, -0.1) is 0 Å². The minimum absolute atomic E-state index is 0.167. The number of benzene rings is 3. The molecular weight excluding hydrogens is 542 g/mol. The molecule has 0 aliphatic rings. The molecule has 3 aromatic carbocycles. The van der Waals surface area contributed by atoms with Crippen LogP contribution in [0.25, 0.3) is 6.08 Å². The molecule has 0 aromatic heterocycles. The van der Waals surface area contributed by atoms with E-state index in [0.717, 1.165) is 0 Å². The van der Waals surface area contributed by atoms with Gasteiger partial charge in [-0.25, -0.2) is 0 Å². The van der Waals surface area contributed by atoms with Gasteiger partial charge in [-0.05, 0) is 48.0 Å². The first-order valence-corrected chi connectivity index (χ1v) is 11.1. The number of hydrogen-bond donors (Lipinski definition) is 2. The number of nitro benzene ring substituents is 1. The van der Waals surface area contributed by atoms with E-state index in [0.29, 0.717) is 20.8 Å². The van der Waals surface area contributed by atoms with Gasteiger partial charge < -0.3 is 20.1 Å². The van der Waals surface area contributed by atoms with E-state index >= 15 is 0 Å². The molecule has 0 spiro atoms. The molecule has 0 aliphatic carbocycles. The largest absolute Gasteiger partial charge is 0.496 e. The first-order valence-electron chi connectivity index (χ1n) is 9.97. The minimum atomic E-state index is -0.709. The lowest BCUT2D eigenvalue weighted by molar-refractivity contribution is -0.384. The Balaban J connectivity index is 2.02. The third-order valence-corrected chi connectivity index (χ3v) is 5.43. The molecule has 0 unspecified atom stereocenters. The van der Waals surface area contributed by atoms with Gasteiger partial charge in [-0.3, -0.25) is 19.7 Å². The monoisotopic (exact) mass is 559 g/mol. The first kappa shape index (κ1) is 25.7. The second kappa shape index (κ2) is 11.5. The van der Waals surface area contributed by atoms with Crippen LogP contribution in [-0.4, -0.2) is 31.0 Å². The van der Waals surface area contributed by atoms with Crippen LogP contribution in [0.2, 0.25) is 5.02 Å². The van der Waals surface area contributed by atoms with Gasteiger partial charge in [0.2, 0.25) is 0 Å². The van der Waals surface area contributed by atoms with Crippen LogP contribution >= 0.6 is 27.5 Å². The van der Waals surface area contributed by atoms with Crippen LogP contribution in [0.15, 0.2) is 70.8 Å². The summed E-state index contributed by atoms with van der Waals surface area (Å²) in [5.74, 6) is -0.706. The summed E-state index contributed by atoms with van der Waals surface area (Å²) in [6.45, 7) is 0. The van der Waals surface area contributed by atoms with Crippen LogP contribution in [0.1, 0.15) is 15.9 Å². The summed E-state index contributed by atoms with van der Waals surface area (Å²) < 4.78 is 11.1. The van der Waals surface area contributed by atoms with Crippen molar-refractivity contribution in [2.75, 3.05) is 19.5 Å². The Hall–Kier alpha value is -3.89. The van der Waals surface area contributed by atoms with Crippen LogP contribution in [-0.2, 0) is 4.79 Å². The number of amides is 2. The summed E-state index contributed by atoms with van der Waals surface area (Å²) in [5.41, 5.74) is 0.405. The van der Waals surface area contributed by atoms with Crippen LogP contribution in [0.3, 0.4) is 0 Å². The Morgan fingerprint density at radius 1 is 1.03 bits per heavy atom. The second-order valence-corrected chi connectivity index (χ2v) is 8.36. The van der Waals surface area contributed by atoms with Gasteiger partial charge in [-0.1, -0.05) is 39.7 Å². The number of carbonyl (C=O) groups excluding carboxylic acids is 2. The number of halogens is 2. The van der Waals surface area contributed by atoms with E-state index in [-0.39, 0.29) is 28.4 Å². The number of ether oxygens (including phenoxy) is 2. The normalized spacial score (nSPS) is 10.9. The molecule has 0 saturated heterocycles. The average molecular weight is 561 g/mol. The van der Waals surface area contributed by atoms with Crippen molar-refractivity contribution >= 4 is 56.8 Å². The maximum absolute atomic E-state index is 13.2. The van der Waals surface area contributed by atoms with Crippen molar-refractivity contribution in [3.05, 3.63) is 97.1 Å². The molecular formula is C24H19BrClN3O6. The molecule has 3 aromatic rings. The Morgan fingerprint density at radius 3 is 2.43 bits per heavy atom. The fourth-order valence-corrected chi connectivity index (χ4v) is 3.60. The van der Waals surface area contributed by atoms with Gasteiger partial charge >= 0.3 is 0 Å². The number of nitrogens with zero attached hydrogens (tertiary/aromatic N) is 1. The Bertz CT molecular complexity index is 1330. The van der Waals surface area contributed by atoms with Crippen molar-refractivity contribution in [3.8, 4) is 11.5 Å². The summed E-state index contributed by atoms with van der Waals surface area (Å²) in [7, 11) is 2.85. The molecule has 3 rings (SSSR count). The van der Waals surface area contributed by atoms with Gasteiger partial charge in [0.05, 0.1) is 30.4 Å². The van der Waals surface area contributed by atoms with E-state index in [4.69, 9.17) is 21.1 Å². The zero-order valence-electron chi connectivity index (χ0n) is 18.5. The predicted octanol–water partition coefficient (Wildman–Crippen LogP) is 5.44. The molecule has 0 heterocycles. The van der Waals surface area contributed by atoms with E-state index in [1.807, 2.05) is 0 Å². The summed E-state index contributed by atoms with van der Waals surface area (Å²) >= 11 is 9.36. The van der Waals surface area contributed by atoms with Crippen molar-refractivity contribution in [3.63, 3.8) is 0 Å².